The number of halogens is 1. The first-order valence-electron chi connectivity index (χ1n) is 8.72. The van der Waals surface area contributed by atoms with Gasteiger partial charge < -0.3 is 0 Å². The van der Waals surface area contributed by atoms with Gasteiger partial charge in [-0.15, -0.1) is 0 Å². The summed E-state index contributed by atoms with van der Waals surface area (Å²) in [5.74, 6) is 0. The largest absolute Gasteiger partial charge is 0.264 e. The fraction of sp³-hybridized carbons (Fsp3) is 0.182. The number of hydrogen-bond acceptors (Lipinski definition) is 2. The Morgan fingerprint density at radius 3 is 2.07 bits per heavy atom. The summed E-state index contributed by atoms with van der Waals surface area (Å²) >= 11 is 5.94. The van der Waals surface area contributed by atoms with E-state index in [-0.39, 0.29) is 10.9 Å². The van der Waals surface area contributed by atoms with Gasteiger partial charge in [-0.2, -0.15) is 0 Å². The molecular weight excluding hydrogens is 378 g/mol. The minimum atomic E-state index is -3.77. The number of anilines is 1. The Labute approximate surface area is 166 Å². The standard InChI is InChI=1S/C22H22ClNO2S/c1-16-7-9-19(10-8-16)18(3)24(21-6-4-5-17(2)15-21)27(25,26)22-13-11-20(23)12-14-22/h4-15,18H,1-3H3. The number of aryl methyl sites for hydroxylation is 2. The molecule has 0 aromatic heterocycles. The van der Waals surface area contributed by atoms with Gasteiger partial charge in [0, 0.05) is 5.02 Å². The topological polar surface area (TPSA) is 37.4 Å². The summed E-state index contributed by atoms with van der Waals surface area (Å²) in [7, 11) is -3.77. The van der Waals surface area contributed by atoms with E-state index in [0.29, 0.717) is 10.7 Å². The Morgan fingerprint density at radius 2 is 1.48 bits per heavy atom. The molecular formula is C22H22ClNO2S. The van der Waals surface area contributed by atoms with E-state index in [1.165, 1.54) is 4.31 Å². The third-order valence-corrected chi connectivity index (χ3v) is 6.70. The molecule has 3 nitrogen and oxygen atoms in total. The molecule has 0 heterocycles. The summed E-state index contributed by atoms with van der Waals surface area (Å²) in [4.78, 5) is 0.215. The SMILES string of the molecule is Cc1ccc(C(C)N(c2cccc(C)c2)S(=O)(=O)c2ccc(Cl)cc2)cc1. The van der Waals surface area contributed by atoms with Crippen LogP contribution in [0.1, 0.15) is 29.7 Å². The molecule has 0 saturated heterocycles. The molecule has 140 valence electrons. The lowest BCUT2D eigenvalue weighted by Gasteiger charge is -2.31. The number of nitrogens with zero attached hydrogens (tertiary/aromatic N) is 1. The van der Waals surface area contributed by atoms with Crippen LogP contribution in [0, 0.1) is 13.8 Å². The third kappa shape index (κ3) is 4.18. The number of sulfonamides is 1. The van der Waals surface area contributed by atoms with E-state index < -0.39 is 10.0 Å². The van der Waals surface area contributed by atoms with Crippen molar-refractivity contribution in [1.29, 1.82) is 0 Å². The molecule has 0 aliphatic heterocycles. The van der Waals surface area contributed by atoms with Crippen LogP contribution in [0.15, 0.2) is 77.7 Å². The number of benzene rings is 3. The van der Waals surface area contributed by atoms with Crippen molar-refractivity contribution >= 4 is 27.3 Å². The van der Waals surface area contributed by atoms with Crippen molar-refractivity contribution < 1.29 is 8.42 Å². The molecule has 1 atom stereocenters. The van der Waals surface area contributed by atoms with Crippen LogP contribution < -0.4 is 4.31 Å². The summed E-state index contributed by atoms with van der Waals surface area (Å²) in [5, 5.41) is 0.502. The molecule has 0 bridgehead atoms. The lowest BCUT2D eigenvalue weighted by atomic mass is 10.1. The van der Waals surface area contributed by atoms with Gasteiger partial charge in [0.05, 0.1) is 16.6 Å². The molecule has 0 amide bonds. The zero-order chi connectivity index (χ0) is 19.6. The maximum Gasteiger partial charge on any atom is 0.264 e. The van der Waals surface area contributed by atoms with Crippen molar-refractivity contribution in [3.8, 4) is 0 Å². The Kier molecular flexibility index (Phi) is 5.59. The smallest absolute Gasteiger partial charge is 0.259 e. The fourth-order valence-electron chi connectivity index (χ4n) is 3.04. The summed E-state index contributed by atoms with van der Waals surface area (Å²) in [5.41, 5.74) is 3.70. The van der Waals surface area contributed by atoms with Gasteiger partial charge in [0.1, 0.15) is 0 Å². The lowest BCUT2D eigenvalue weighted by molar-refractivity contribution is 0.583. The molecule has 0 aliphatic rings. The summed E-state index contributed by atoms with van der Waals surface area (Å²) in [6.07, 6.45) is 0. The molecule has 27 heavy (non-hydrogen) atoms. The van der Waals surface area contributed by atoms with E-state index >= 15 is 0 Å². The Morgan fingerprint density at radius 1 is 0.852 bits per heavy atom. The number of hydrogen-bond donors (Lipinski definition) is 0. The lowest BCUT2D eigenvalue weighted by Crippen LogP contribution is -2.33. The van der Waals surface area contributed by atoms with Crippen molar-refractivity contribution in [3.63, 3.8) is 0 Å². The average molecular weight is 400 g/mol. The van der Waals surface area contributed by atoms with Crippen LogP contribution in [0.25, 0.3) is 0 Å². The monoisotopic (exact) mass is 399 g/mol. The molecule has 0 N–H and O–H groups in total. The number of rotatable bonds is 5. The van der Waals surface area contributed by atoms with Crippen LogP contribution in [-0.2, 0) is 10.0 Å². The molecule has 0 radical (unpaired) electrons. The van der Waals surface area contributed by atoms with Crippen LogP contribution in [0.4, 0.5) is 5.69 Å². The molecule has 1 unspecified atom stereocenters. The van der Waals surface area contributed by atoms with E-state index in [1.54, 1.807) is 24.3 Å². The highest BCUT2D eigenvalue weighted by atomic mass is 35.5. The molecule has 5 heteroatoms. The second kappa shape index (κ2) is 7.75. The van der Waals surface area contributed by atoms with Crippen LogP contribution in [0.5, 0.6) is 0 Å². The van der Waals surface area contributed by atoms with Gasteiger partial charge in [0.25, 0.3) is 10.0 Å². The predicted octanol–water partition coefficient (Wildman–Crippen LogP) is 5.91. The second-order valence-electron chi connectivity index (χ2n) is 6.68. The highest BCUT2D eigenvalue weighted by Crippen LogP contribution is 2.34. The second-order valence-corrected chi connectivity index (χ2v) is 8.93. The van der Waals surface area contributed by atoms with Gasteiger partial charge >= 0.3 is 0 Å². The van der Waals surface area contributed by atoms with Crippen LogP contribution in [0.2, 0.25) is 5.02 Å². The highest BCUT2D eigenvalue weighted by molar-refractivity contribution is 7.92. The summed E-state index contributed by atoms with van der Waals surface area (Å²) < 4.78 is 28.5. The molecule has 0 spiro atoms. The van der Waals surface area contributed by atoms with Gasteiger partial charge in [0.15, 0.2) is 0 Å². The van der Waals surface area contributed by atoms with Gasteiger partial charge in [0.2, 0.25) is 0 Å². The van der Waals surface area contributed by atoms with Crippen LogP contribution in [-0.4, -0.2) is 8.42 Å². The first-order chi connectivity index (χ1) is 12.8. The van der Waals surface area contributed by atoms with Gasteiger partial charge in [-0.1, -0.05) is 53.6 Å². The molecule has 3 aromatic carbocycles. The first kappa shape index (κ1) is 19.5. The van der Waals surface area contributed by atoms with E-state index in [4.69, 9.17) is 11.6 Å². The molecule has 0 fully saturated rings. The molecule has 3 aromatic rings. The van der Waals surface area contributed by atoms with Crippen molar-refractivity contribution in [2.45, 2.75) is 31.7 Å². The Hall–Kier alpha value is -2.30. The third-order valence-electron chi connectivity index (χ3n) is 4.54. The average Bonchev–Trinajstić information content (AvgIpc) is 2.62. The molecule has 3 rings (SSSR count). The predicted molar refractivity (Wildman–Crippen MR) is 112 cm³/mol. The normalized spacial score (nSPS) is 12.6. The van der Waals surface area contributed by atoms with Crippen LogP contribution in [0.3, 0.4) is 0 Å². The fourth-order valence-corrected chi connectivity index (χ4v) is 4.80. The van der Waals surface area contributed by atoms with Crippen molar-refractivity contribution in [2.24, 2.45) is 0 Å². The first-order valence-corrected chi connectivity index (χ1v) is 10.5. The van der Waals surface area contributed by atoms with Crippen molar-refractivity contribution in [1.82, 2.24) is 0 Å². The minimum absolute atomic E-state index is 0.215. The van der Waals surface area contributed by atoms with Gasteiger partial charge in [-0.3, -0.25) is 4.31 Å². The van der Waals surface area contributed by atoms with E-state index in [9.17, 15) is 8.42 Å². The van der Waals surface area contributed by atoms with Gasteiger partial charge in [-0.05, 0) is 68.3 Å². The molecule has 0 aliphatic carbocycles. The van der Waals surface area contributed by atoms with E-state index in [1.807, 2.05) is 69.3 Å². The van der Waals surface area contributed by atoms with Crippen molar-refractivity contribution in [3.05, 3.63) is 94.5 Å². The highest BCUT2D eigenvalue weighted by Gasteiger charge is 2.30. The molecule has 0 saturated carbocycles. The summed E-state index contributed by atoms with van der Waals surface area (Å²) in [6, 6.07) is 21.4. The minimum Gasteiger partial charge on any atom is -0.259 e. The van der Waals surface area contributed by atoms with Crippen LogP contribution >= 0.6 is 11.6 Å². The van der Waals surface area contributed by atoms with E-state index in [2.05, 4.69) is 0 Å². The maximum absolute atomic E-state index is 13.5. The van der Waals surface area contributed by atoms with E-state index in [0.717, 1.165) is 16.7 Å². The Bertz CT molecular complexity index is 1030. The maximum atomic E-state index is 13.5. The quantitative estimate of drug-likeness (QED) is 0.534. The zero-order valence-corrected chi connectivity index (χ0v) is 17.1. The summed E-state index contributed by atoms with van der Waals surface area (Å²) in [6.45, 7) is 5.87. The zero-order valence-electron chi connectivity index (χ0n) is 15.6. The van der Waals surface area contributed by atoms with Gasteiger partial charge in [-0.25, -0.2) is 8.42 Å². The Balaban J connectivity index is 2.15. The van der Waals surface area contributed by atoms with Crippen molar-refractivity contribution in [2.75, 3.05) is 4.31 Å².